The number of hydrogen-bond acceptors (Lipinski definition) is 5. The van der Waals surface area contributed by atoms with E-state index in [9.17, 15) is 23.3 Å². The number of carbonyl (C=O) groups excluding carboxylic acids is 1. The van der Waals surface area contributed by atoms with E-state index in [-0.39, 0.29) is 23.0 Å². The Balaban J connectivity index is 1.46. The molecule has 0 unspecified atom stereocenters. The van der Waals surface area contributed by atoms with E-state index in [4.69, 9.17) is 0 Å². The number of nitro groups is 1. The summed E-state index contributed by atoms with van der Waals surface area (Å²) in [6.07, 6.45) is 3.26. The molecule has 1 aromatic heterocycles. The number of amides is 1. The molecule has 10 heteroatoms. The van der Waals surface area contributed by atoms with Gasteiger partial charge in [-0.05, 0) is 36.6 Å². The lowest BCUT2D eigenvalue weighted by atomic mass is 10.1. The number of nitrogens with one attached hydrogen (secondary N) is 2. The number of fused-ring (bicyclic) bond motifs is 1. The largest absolute Gasteiger partial charge is 0.360 e. The van der Waals surface area contributed by atoms with Crippen LogP contribution in [0.25, 0.3) is 10.9 Å². The van der Waals surface area contributed by atoms with Gasteiger partial charge in [-0.15, -0.1) is 0 Å². The van der Waals surface area contributed by atoms with E-state index in [1.807, 2.05) is 0 Å². The van der Waals surface area contributed by atoms with E-state index in [2.05, 4.69) is 10.3 Å². The Morgan fingerprint density at radius 3 is 2.50 bits per heavy atom. The predicted molar refractivity (Wildman–Crippen MR) is 111 cm³/mol. The first-order chi connectivity index (χ1) is 14.4. The van der Waals surface area contributed by atoms with E-state index in [0.717, 1.165) is 18.4 Å². The van der Waals surface area contributed by atoms with Crippen LogP contribution in [0.5, 0.6) is 0 Å². The van der Waals surface area contributed by atoms with Gasteiger partial charge in [0, 0.05) is 48.9 Å². The van der Waals surface area contributed by atoms with Gasteiger partial charge in [-0.3, -0.25) is 14.9 Å². The second-order valence-electron chi connectivity index (χ2n) is 7.13. The third-order valence-electron chi connectivity index (χ3n) is 5.20. The zero-order chi connectivity index (χ0) is 21.3. The number of benzene rings is 2. The molecule has 1 saturated heterocycles. The fourth-order valence-corrected chi connectivity index (χ4v) is 5.06. The van der Waals surface area contributed by atoms with Crippen molar-refractivity contribution in [2.45, 2.75) is 24.3 Å². The summed E-state index contributed by atoms with van der Waals surface area (Å²) in [6.45, 7) is 1.29. The van der Waals surface area contributed by atoms with Crippen LogP contribution >= 0.6 is 0 Å². The molecule has 30 heavy (non-hydrogen) atoms. The Bertz CT molecular complexity index is 1210. The Labute approximate surface area is 172 Å². The van der Waals surface area contributed by atoms with Gasteiger partial charge in [0.2, 0.25) is 10.0 Å². The van der Waals surface area contributed by atoms with Gasteiger partial charge < -0.3 is 10.3 Å². The normalized spacial score (nSPS) is 14.8. The van der Waals surface area contributed by atoms with Crippen molar-refractivity contribution >= 4 is 32.5 Å². The van der Waals surface area contributed by atoms with Crippen molar-refractivity contribution in [2.75, 3.05) is 13.1 Å². The molecule has 0 bridgehead atoms. The van der Waals surface area contributed by atoms with Crippen molar-refractivity contribution in [3.8, 4) is 0 Å². The van der Waals surface area contributed by atoms with E-state index < -0.39 is 14.9 Å². The van der Waals surface area contributed by atoms with Crippen molar-refractivity contribution < 1.29 is 18.1 Å². The summed E-state index contributed by atoms with van der Waals surface area (Å²) in [5.74, 6) is -0.379. The SMILES string of the molecule is O=C(NCc1ccc(S(=O)(=O)N2CCCC2)cc1)c1c[nH]c2ccc([N+](=O)[O-])cc12. The molecular weight excluding hydrogens is 408 g/mol. The Morgan fingerprint density at radius 1 is 1.13 bits per heavy atom. The number of rotatable bonds is 6. The molecule has 1 aliphatic rings. The number of H-pyrrole nitrogens is 1. The quantitative estimate of drug-likeness (QED) is 0.461. The minimum atomic E-state index is -3.47. The number of sulfonamides is 1. The molecule has 2 N–H and O–H groups in total. The summed E-state index contributed by atoms with van der Waals surface area (Å²) in [4.78, 5) is 26.2. The van der Waals surface area contributed by atoms with Gasteiger partial charge in [0.1, 0.15) is 0 Å². The van der Waals surface area contributed by atoms with Gasteiger partial charge in [-0.1, -0.05) is 12.1 Å². The van der Waals surface area contributed by atoms with Crippen molar-refractivity contribution in [1.82, 2.24) is 14.6 Å². The van der Waals surface area contributed by atoms with Crippen LogP contribution in [0, 0.1) is 10.1 Å². The molecule has 0 atom stereocenters. The van der Waals surface area contributed by atoms with Crippen LogP contribution < -0.4 is 5.32 Å². The van der Waals surface area contributed by atoms with Crippen molar-refractivity contribution in [3.63, 3.8) is 0 Å². The smallest absolute Gasteiger partial charge is 0.270 e. The Kier molecular flexibility index (Phi) is 5.27. The fraction of sp³-hybridized carbons (Fsp3) is 0.250. The molecule has 9 nitrogen and oxygen atoms in total. The number of nitrogens with zero attached hydrogens (tertiary/aromatic N) is 2. The van der Waals surface area contributed by atoms with Crippen molar-refractivity contribution in [1.29, 1.82) is 0 Å². The molecule has 2 aromatic carbocycles. The lowest BCUT2D eigenvalue weighted by Gasteiger charge is -2.15. The first kappa shape index (κ1) is 20.0. The van der Waals surface area contributed by atoms with Crippen LogP contribution in [0.15, 0.2) is 53.6 Å². The minimum Gasteiger partial charge on any atom is -0.360 e. The maximum absolute atomic E-state index is 12.6. The molecule has 0 aliphatic carbocycles. The standard InChI is InChI=1S/C20H20N4O5S/c25-20(18-13-21-19-8-5-15(24(26)27)11-17(18)19)22-12-14-3-6-16(7-4-14)30(28,29)23-9-1-2-10-23/h3-8,11,13,21H,1-2,9-10,12H2,(H,22,25). The minimum absolute atomic E-state index is 0.0917. The number of carbonyl (C=O) groups is 1. The highest BCUT2D eigenvalue weighted by atomic mass is 32.2. The second-order valence-corrected chi connectivity index (χ2v) is 9.07. The maximum Gasteiger partial charge on any atom is 0.270 e. The molecule has 1 aliphatic heterocycles. The lowest BCUT2D eigenvalue weighted by molar-refractivity contribution is -0.384. The van der Waals surface area contributed by atoms with E-state index in [1.165, 1.54) is 22.6 Å². The summed E-state index contributed by atoms with van der Waals surface area (Å²) in [5.41, 5.74) is 1.59. The fourth-order valence-electron chi connectivity index (χ4n) is 3.54. The van der Waals surface area contributed by atoms with Crippen LogP contribution in [-0.2, 0) is 16.6 Å². The summed E-state index contributed by atoms with van der Waals surface area (Å²) >= 11 is 0. The lowest BCUT2D eigenvalue weighted by Crippen LogP contribution is -2.27. The highest BCUT2D eigenvalue weighted by molar-refractivity contribution is 7.89. The third kappa shape index (κ3) is 3.79. The van der Waals surface area contributed by atoms with Gasteiger partial charge in [0.05, 0.1) is 15.4 Å². The molecule has 0 saturated carbocycles. The summed E-state index contributed by atoms with van der Waals surface area (Å²) in [5, 5.41) is 14.2. The molecule has 1 amide bonds. The van der Waals surface area contributed by atoms with Crippen LogP contribution in [0.3, 0.4) is 0 Å². The zero-order valence-corrected chi connectivity index (χ0v) is 16.8. The van der Waals surface area contributed by atoms with Gasteiger partial charge in [0.25, 0.3) is 11.6 Å². The Morgan fingerprint density at radius 2 is 1.83 bits per heavy atom. The first-order valence-corrected chi connectivity index (χ1v) is 10.9. The maximum atomic E-state index is 12.6. The van der Waals surface area contributed by atoms with E-state index in [1.54, 1.807) is 30.3 Å². The van der Waals surface area contributed by atoms with Crippen LogP contribution in [-0.4, -0.2) is 41.6 Å². The molecule has 3 aromatic rings. The van der Waals surface area contributed by atoms with Crippen molar-refractivity contribution in [3.05, 3.63) is 69.9 Å². The van der Waals surface area contributed by atoms with Crippen LogP contribution in [0.1, 0.15) is 28.8 Å². The van der Waals surface area contributed by atoms with Gasteiger partial charge in [-0.25, -0.2) is 8.42 Å². The molecule has 4 rings (SSSR count). The van der Waals surface area contributed by atoms with E-state index >= 15 is 0 Å². The highest BCUT2D eigenvalue weighted by Gasteiger charge is 2.26. The summed E-state index contributed by atoms with van der Waals surface area (Å²) in [6, 6.07) is 10.7. The number of aromatic nitrogens is 1. The summed E-state index contributed by atoms with van der Waals surface area (Å²) in [7, 11) is -3.47. The number of nitro benzene ring substituents is 1. The number of aromatic amines is 1. The van der Waals surface area contributed by atoms with Crippen molar-refractivity contribution in [2.24, 2.45) is 0 Å². The second kappa shape index (κ2) is 7.88. The average Bonchev–Trinajstić information content (AvgIpc) is 3.42. The predicted octanol–water partition coefficient (Wildman–Crippen LogP) is 2.79. The average molecular weight is 428 g/mol. The van der Waals surface area contributed by atoms with Crippen LogP contribution in [0.4, 0.5) is 5.69 Å². The molecule has 156 valence electrons. The molecule has 0 radical (unpaired) electrons. The molecule has 2 heterocycles. The van der Waals surface area contributed by atoms with Crippen LogP contribution in [0.2, 0.25) is 0 Å². The molecule has 1 fully saturated rings. The highest BCUT2D eigenvalue weighted by Crippen LogP contribution is 2.24. The monoisotopic (exact) mass is 428 g/mol. The summed E-state index contributed by atoms with van der Waals surface area (Å²) < 4.78 is 26.6. The molecule has 0 spiro atoms. The zero-order valence-electron chi connectivity index (χ0n) is 16.0. The third-order valence-corrected chi connectivity index (χ3v) is 7.11. The van der Waals surface area contributed by atoms with Gasteiger partial charge in [-0.2, -0.15) is 4.31 Å². The molecular formula is C20H20N4O5S. The number of non-ortho nitro benzene ring substituents is 1. The van der Waals surface area contributed by atoms with E-state index in [0.29, 0.717) is 29.6 Å². The van der Waals surface area contributed by atoms with Gasteiger partial charge >= 0.3 is 0 Å². The number of hydrogen-bond donors (Lipinski definition) is 2. The first-order valence-electron chi connectivity index (χ1n) is 9.49. The van der Waals surface area contributed by atoms with Gasteiger partial charge in [0.15, 0.2) is 0 Å². The topological polar surface area (TPSA) is 125 Å². The Hall–Kier alpha value is -3.24.